The fourth-order valence-corrected chi connectivity index (χ4v) is 2.90. The Labute approximate surface area is 139 Å². The van der Waals surface area contributed by atoms with Crippen LogP contribution < -0.4 is 16.4 Å². The smallest absolute Gasteiger partial charge is 0.223 e. The summed E-state index contributed by atoms with van der Waals surface area (Å²) in [4.78, 5) is 15.4. The Bertz CT molecular complexity index is 665. The van der Waals surface area contributed by atoms with Gasteiger partial charge in [-0.2, -0.15) is 0 Å². The van der Waals surface area contributed by atoms with Crippen LogP contribution in [0.15, 0.2) is 29.6 Å². The zero-order valence-corrected chi connectivity index (χ0v) is 13.9. The van der Waals surface area contributed by atoms with Crippen molar-refractivity contribution in [3.05, 3.63) is 35.2 Å². The Morgan fingerprint density at radius 2 is 2.04 bits per heavy atom. The van der Waals surface area contributed by atoms with Gasteiger partial charge in [0.25, 0.3) is 0 Å². The number of unbranched alkanes of at least 4 members (excludes halogenated alkanes) is 1. The molecule has 5 N–H and O–H groups in total. The number of hydrogen-bond donors (Lipinski definition) is 4. The highest BCUT2D eigenvalue weighted by Crippen LogP contribution is 2.25. The van der Waals surface area contributed by atoms with Gasteiger partial charge in [-0.05, 0) is 24.8 Å². The molecule has 2 rings (SSSR count). The predicted octanol–water partition coefficient (Wildman–Crippen LogP) is 2.57. The Kier molecular flexibility index (Phi) is 6.10. The quantitative estimate of drug-likeness (QED) is 0.355. The molecule has 0 saturated carbocycles. The molecule has 2 aromatic rings. The first kappa shape index (κ1) is 17.0. The third kappa shape index (κ3) is 5.71. The molecule has 23 heavy (non-hydrogen) atoms. The van der Waals surface area contributed by atoms with Crippen LogP contribution in [-0.4, -0.2) is 23.4 Å². The zero-order valence-electron chi connectivity index (χ0n) is 13.1. The number of carbonyl (C=O) groups is 1. The number of benzene rings is 1. The van der Waals surface area contributed by atoms with E-state index in [4.69, 9.17) is 11.1 Å². The Hall–Kier alpha value is -2.41. The number of aryl methyl sites for hydroxylation is 1. The molecule has 6 nitrogen and oxygen atoms in total. The molecule has 0 fully saturated rings. The monoisotopic (exact) mass is 331 g/mol. The predicted molar refractivity (Wildman–Crippen MR) is 94.7 cm³/mol. The lowest BCUT2D eigenvalue weighted by Gasteiger charge is -2.05. The van der Waals surface area contributed by atoms with Gasteiger partial charge in [0, 0.05) is 24.4 Å². The van der Waals surface area contributed by atoms with Crippen LogP contribution in [0.4, 0.5) is 5.13 Å². The van der Waals surface area contributed by atoms with Crippen LogP contribution in [0.2, 0.25) is 0 Å². The van der Waals surface area contributed by atoms with Gasteiger partial charge in [0.15, 0.2) is 11.1 Å². The van der Waals surface area contributed by atoms with Crippen molar-refractivity contribution in [1.29, 1.82) is 5.41 Å². The van der Waals surface area contributed by atoms with Crippen molar-refractivity contribution in [3.8, 4) is 11.3 Å². The molecule has 0 radical (unpaired) electrons. The molecule has 1 amide bonds. The van der Waals surface area contributed by atoms with Crippen LogP contribution in [0.1, 0.15) is 25.3 Å². The second-order valence-corrected chi connectivity index (χ2v) is 6.07. The molecule has 0 unspecified atom stereocenters. The summed E-state index contributed by atoms with van der Waals surface area (Å²) in [5.74, 6) is -0.0863. The largest absolute Gasteiger partial charge is 0.370 e. The van der Waals surface area contributed by atoms with Crippen molar-refractivity contribution < 1.29 is 4.79 Å². The van der Waals surface area contributed by atoms with Crippen LogP contribution in [-0.2, 0) is 11.2 Å². The second-order valence-electron chi connectivity index (χ2n) is 5.21. The van der Waals surface area contributed by atoms with Gasteiger partial charge in [-0.15, -0.1) is 11.3 Å². The second kappa shape index (κ2) is 8.28. The molecule has 7 heteroatoms. The highest BCUT2D eigenvalue weighted by molar-refractivity contribution is 7.14. The average Bonchev–Trinajstić information content (AvgIpc) is 2.95. The number of amides is 1. The molecule has 1 aromatic heterocycles. The molecule has 1 heterocycles. The number of nitrogens with one attached hydrogen (secondary N) is 3. The number of nitrogens with zero attached hydrogens (tertiary/aromatic N) is 1. The summed E-state index contributed by atoms with van der Waals surface area (Å²) in [6, 6.07) is 8.31. The van der Waals surface area contributed by atoms with E-state index in [-0.39, 0.29) is 11.9 Å². The van der Waals surface area contributed by atoms with Gasteiger partial charge < -0.3 is 16.4 Å². The van der Waals surface area contributed by atoms with Gasteiger partial charge in [0.2, 0.25) is 5.91 Å². The summed E-state index contributed by atoms with van der Waals surface area (Å²) in [6.07, 6.45) is 3.02. The minimum absolute atomic E-state index is 0.0243. The Balaban J connectivity index is 1.85. The molecule has 122 valence electrons. The average molecular weight is 331 g/mol. The topological polar surface area (TPSA) is 104 Å². The van der Waals surface area contributed by atoms with Crippen LogP contribution in [0, 0.1) is 5.41 Å². The van der Waals surface area contributed by atoms with Gasteiger partial charge in [0.1, 0.15) is 0 Å². The summed E-state index contributed by atoms with van der Waals surface area (Å²) in [5, 5.41) is 15.1. The van der Waals surface area contributed by atoms with Crippen LogP contribution >= 0.6 is 11.3 Å². The highest BCUT2D eigenvalue weighted by atomic mass is 32.1. The van der Waals surface area contributed by atoms with E-state index in [9.17, 15) is 4.79 Å². The van der Waals surface area contributed by atoms with Gasteiger partial charge >= 0.3 is 0 Å². The molecular weight excluding hydrogens is 310 g/mol. The Morgan fingerprint density at radius 3 is 2.70 bits per heavy atom. The van der Waals surface area contributed by atoms with Crippen molar-refractivity contribution in [2.45, 2.75) is 26.2 Å². The van der Waals surface area contributed by atoms with Crippen molar-refractivity contribution in [3.63, 3.8) is 0 Å². The van der Waals surface area contributed by atoms with Gasteiger partial charge in [-0.3, -0.25) is 10.2 Å². The van der Waals surface area contributed by atoms with Crippen molar-refractivity contribution in [2.24, 2.45) is 5.73 Å². The maximum atomic E-state index is 11.0. The fourth-order valence-electron chi connectivity index (χ4n) is 2.13. The first-order chi connectivity index (χ1) is 11.0. The minimum Gasteiger partial charge on any atom is -0.370 e. The van der Waals surface area contributed by atoms with Crippen molar-refractivity contribution >= 4 is 28.3 Å². The van der Waals surface area contributed by atoms with E-state index in [0.29, 0.717) is 5.13 Å². The maximum Gasteiger partial charge on any atom is 0.223 e. The number of guanidine groups is 1. The van der Waals surface area contributed by atoms with Gasteiger partial charge in [-0.1, -0.05) is 24.3 Å². The van der Waals surface area contributed by atoms with Crippen LogP contribution in [0.5, 0.6) is 0 Å². The lowest BCUT2D eigenvalue weighted by Crippen LogP contribution is -2.30. The number of carbonyl (C=O) groups excluding carboxylic acids is 1. The SMILES string of the molecule is CC(=O)Nc1nc(-c2ccc(CCCCNC(=N)N)cc2)cs1. The molecule has 0 aliphatic rings. The third-order valence-corrected chi connectivity index (χ3v) is 4.00. The number of thiazole rings is 1. The molecule has 0 aliphatic carbocycles. The summed E-state index contributed by atoms with van der Waals surface area (Å²) < 4.78 is 0. The van der Waals surface area contributed by atoms with Gasteiger partial charge in [-0.25, -0.2) is 4.98 Å². The molecule has 0 aliphatic heterocycles. The van der Waals surface area contributed by atoms with E-state index < -0.39 is 0 Å². The van der Waals surface area contributed by atoms with E-state index in [1.165, 1.54) is 23.8 Å². The molecule has 0 saturated heterocycles. The number of anilines is 1. The summed E-state index contributed by atoms with van der Waals surface area (Å²) in [5.41, 5.74) is 8.41. The lowest BCUT2D eigenvalue weighted by molar-refractivity contribution is -0.114. The van der Waals surface area contributed by atoms with E-state index >= 15 is 0 Å². The maximum absolute atomic E-state index is 11.0. The van der Waals surface area contributed by atoms with Crippen molar-refractivity contribution in [1.82, 2.24) is 10.3 Å². The highest BCUT2D eigenvalue weighted by Gasteiger charge is 2.05. The number of hydrogen-bond acceptors (Lipinski definition) is 4. The fraction of sp³-hybridized carbons (Fsp3) is 0.312. The summed E-state index contributed by atoms with van der Waals surface area (Å²) in [6.45, 7) is 2.21. The van der Waals surface area contributed by atoms with E-state index in [0.717, 1.165) is 37.1 Å². The number of aromatic nitrogens is 1. The summed E-state index contributed by atoms with van der Waals surface area (Å²) >= 11 is 1.42. The van der Waals surface area contributed by atoms with E-state index in [2.05, 4.69) is 39.9 Å². The minimum atomic E-state index is -0.111. The third-order valence-electron chi connectivity index (χ3n) is 3.24. The lowest BCUT2D eigenvalue weighted by atomic mass is 10.1. The first-order valence-corrected chi connectivity index (χ1v) is 8.33. The standard InChI is InChI=1S/C16H21N5OS/c1-11(22)20-16-21-14(10-23-16)13-7-5-12(6-8-13)4-2-3-9-19-15(17)18/h5-8,10H,2-4,9H2,1H3,(H4,17,18,19)(H,20,21,22). The van der Waals surface area contributed by atoms with E-state index in [1.54, 1.807) is 0 Å². The number of rotatable bonds is 7. The Morgan fingerprint density at radius 1 is 1.30 bits per heavy atom. The van der Waals surface area contributed by atoms with Crippen LogP contribution in [0.25, 0.3) is 11.3 Å². The molecule has 1 aromatic carbocycles. The summed E-state index contributed by atoms with van der Waals surface area (Å²) in [7, 11) is 0. The number of nitrogens with two attached hydrogens (primary N) is 1. The van der Waals surface area contributed by atoms with Crippen molar-refractivity contribution in [2.75, 3.05) is 11.9 Å². The van der Waals surface area contributed by atoms with E-state index in [1.807, 2.05) is 5.38 Å². The normalized spacial score (nSPS) is 10.3. The molecular formula is C16H21N5OS. The zero-order chi connectivity index (χ0) is 16.7. The van der Waals surface area contributed by atoms with Gasteiger partial charge in [0.05, 0.1) is 5.69 Å². The first-order valence-electron chi connectivity index (χ1n) is 7.45. The molecule has 0 spiro atoms. The van der Waals surface area contributed by atoms with Crippen LogP contribution in [0.3, 0.4) is 0 Å². The molecule has 0 atom stereocenters. The molecule has 0 bridgehead atoms.